The van der Waals surface area contributed by atoms with E-state index in [9.17, 15) is 14.9 Å². The number of non-ortho nitro benzene ring substituents is 1. The van der Waals surface area contributed by atoms with E-state index in [1.54, 1.807) is 36.4 Å². The molecule has 0 amide bonds. The maximum absolute atomic E-state index is 12.2. The Hall–Kier alpha value is -3.68. The molecule has 160 valence electrons. The summed E-state index contributed by atoms with van der Waals surface area (Å²) in [5.41, 5.74) is 1.79. The molecule has 3 aromatic carbocycles. The monoisotopic (exact) mass is 468 g/mol. The number of cyclic esters (lactones) is 1. The SMILES string of the molecule is O=C1OC(c2ccc([N+](=O)[O-])cc2Cl)=N/C1=C\c1ccc(OCc2ccccc2Cl)cc1. The first-order chi connectivity index (χ1) is 15.4. The highest BCUT2D eigenvalue weighted by molar-refractivity contribution is 6.34. The standard InChI is InChI=1S/C23H14Cl2N2O5/c24-19-4-2-1-3-15(19)13-31-17-8-5-14(6-9-17)11-21-23(28)32-22(26-21)18-10-7-16(27(29)30)12-20(18)25/h1-12H,13H2/b21-11-. The molecule has 9 heteroatoms. The van der Waals surface area contributed by atoms with E-state index in [-0.39, 0.29) is 27.9 Å². The molecule has 0 atom stereocenters. The summed E-state index contributed by atoms with van der Waals surface area (Å²) in [6.45, 7) is 0.329. The number of rotatable bonds is 6. The molecule has 0 N–H and O–H groups in total. The lowest BCUT2D eigenvalue weighted by Gasteiger charge is -2.07. The second-order valence-electron chi connectivity index (χ2n) is 6.71. The van der Waals surface area contributed by atoms with Gasteiger partial charge in [0.05, 0.1) is 15.5 Å². The van der Waals surface area contributed by atoms with Crippen molar-refractivity contribution in [2.24, 2.45) is 4.99 Å². The molecule has 0 bridgehead atoms. The first-order valence-corrected chi connectivity index (χ1v) is 10.1. The highest BCUT2D eigenvalue weighted by Crippen LogP contribution is 2.27. The van der Waals surface area contributed by atoms with Crippen molar-refractivity contribution in [3.63, 3.8) is 0 Å². The van der Waals surface area contributed by atoms with Crippen LogP contribution in [0.2, 0.25) is 10.0 Å². The number of nitro benzene ring substituents is 1. The Labute approximate surface area is 192 Å². The zero-order chi connectivity index (χ0) is 22.7. The van der Waals surface area contributed by atoms with Crippen molar-refractivity contribution in [1.29, 1.82) is 0 Å². The number of nitro groups is 1. The summed E-state index contributed by atoms with van der Waals surface area (Å²) in [6.07, 6.45) is 1.56. The van der Waals surface area contributed by atoms with E-state index in [1.165, 1.54) is 18.2 Å². The van der Waals surface area contributed by atoms with Crippen LogP contribution in [0.3, 0.4) is 0 Å². The molecule has 3 aromatic rings. The number of halogens is 2. The van der Waals surface area contributed by atoms with Crippen LogP contribution in [-0.2, 0) is 16.1 Å². The molecular weight excluding hydrogens is 455 g/mol. The van der Waals surface area contributed by atoms with Gasteiger partial charge in [-0.25, -0.2) is 9.79 Å². The van der Waals surface area contributed by atoms with Gasteiger partial charge in [-0.2, -0.15) is 0 Å². The highest BCUT2D eigenvalue weighted by atomic mass is 35.5. The maximum atomic E-state index is 12.2. The van der Waals surface area contributed by atoms with E-state index < -0.39 is 10.9 Å². The van der Waals surface area contributed by atoms with Crippen molar-refractivity contribution >= 4 is 46.8 Å². The Kier molecular flexibility index (Phi) is 6.20. The summed E-state index contributed by atoms with van der Waals surface area (Å²) in [4.78, 5) is 26.7. The molecule has 7 nitrogen and oxygen atoms in total. The summed E-state index contributed by atoms with van der Waals surface area (Å²) in [7, 11) is 0. The van der Waals surface area contributed by atoms with Crippen molar-refractivity contribution in [3.8, 4) is 5.75 Å². The van der Waals surface area contributed by atoms with Gasteiger partial charge in [-0.3, -0.25) is 10.1 Å². The molecular formula is C23H14Cl2N2O5. The van der Waals surface area contributed by atoms with Gasteiger partial charge in [-0.05, 0) is 35.9 Å². The first-order valence-electron chi connectivity index (χ1n) is 9.34. The summed E-state index contributed by atoms with van der Waals surface area (Å²) in [6, 6.07) is 18.3. The second kappa shape index (κ2) is 9.21. The minimum atomic E-state index is -0.645. The van der Waals surface area contributed by atoms with E-state index in [0.29, 0.717) is 22.9 Å². The lowest BCUT2D eigenvalue weighted by Crippen LogP contribution is -2.06. The number of aliphatic imine (C=N–C) groups is 1. The van der Waals surface area contributed by atoms with Gasteiger partial charge in [0, 0.05) is 22.7 Å². The molecule has 1 heterocycles. The van der Waals surface area contributed by atoms with Crippen molar-refractivity contribution < 1.29 is 19.2 Å². The van der Waals surface area contributed by atoms with Gasteiger partial charge in [0.1, 0.15) is 12.4 Å². The number of benzene rings is 3. The van der Waals surface area contributed by atoms with Crippen LogP contribution in [0.15, 0.2) is 77.4 Å². The lowest BCUT2D eigenvalue weighted by atomic mass is 10.2. The van der Waals surface area contributed by atoms with Crippen molar-refractivity contribution in [1.82, 2.24) is 0 Å². The molecule has 0 fully saturated rings. The molecule has 0 saturated carbocycles. The van der Waals surface area contributed by atoms with E-state index in [2.05, 4.69) is 4.99 Å². The van der Waals surface area contributed by atoms with Crippen molar-refractivity contribution in [2.75, 3.05) is 0 Å². The van der Waals surface area contributed by atoms with Gasteiger partial charge in [-0.1, -0.05) is 53.5 Å². The predicted molar refractivity (Wildman–Crippen MR) is 121 cm³/mol. The third kappa shape index (κ3) is 4.80. The molecule has 0 aromatic heterocycles. The van der Waals surface area contributed by atoms with Gasteiger partial charge in [0.25, 0.3) is 5.69 Å². The normalized spacial score (nSPS) is 14.2. The number of carbonyl (C=O) groups excluding carboxylic acids is 1. The Morgan fingerprint density at radius 2 is 1.78 bits per heavy atom. The number of hydrogen-bond acceptors (Lipinski definition) is 6. The van der Waals surface area contributed by atoms with Crippen LogP contribution in [0.25, 0.3) is 6.08 Å². The third-order valence-electron chi connectivity index (χ3n) is 4.55. The van der Waals surface area contributed by atoms with Crippen LogP contribution < -0.4 is 4.74 Å². The topological polar surface area (TPSA) is 91.0 Å². The molecule has 4 rings (SSSR count). The van der Waals surface area contributed by atoms with Crippen molar-refractivity contribution in [3.05, 3.63) is 109 Å². The average Bonchev–Trinajstić information content (AvgIpc) is 3.14. The molecule has 0 aliphatic carbocycles. The van der Waals surface area contributed by atoms with E-state index in [0.717, 1.165) is 5.56 Å². The third-order valence-corrected chi connectivity index (χ3v) is 5.23. The smallest absolute Gasteiger partial charge is 0.363 e. The molecule has 0 spiro atoms. The number of nitrogens with zero attached hydrogens (tertiary/aromatic N) is 2. The van der Waals surface area contributed by atoms with E-state index in [1.807, 2.05) is 18.2 Å². The number of carbonyl (C=O) groups is 1. The second-order valence-corrected chi connectivity index (χ2v) is 7.52. The zero-order valence-electron chi connectivity index (χ0n) is 16.3. The Morgan fingerprint density at radius 3 is 2.47 bits per heavy atom. The average molecular weight is 469 g/mol. The molecule has 1 aliphatic rings. The van der Waals surface area contributed by atoms with Gasteiger partial charge < -0.3 is 9.47 Å². The minimum Gasteiger partial charge on any atom is -0.489 e. The summed E-state index contributed by atoms with van der Waals surface area (Å²) in [5, 5.41) is 11.5. The zero-order valence-corrected chi connectivity index (χ0v) is 17.8. The number of ether oxygens (including phenoxy) is 2. The quantitative estimate of drug-likeness (QED) is 0.196. The largest absolute Gasteiger partial charge is 0.489 e. The van der Waals surface area contributed by atoms with Crippen LogP contribution in [0.1, 0.15) is 16.7 Å². The lowest BCUT2D eigenvalue weighted by molar-refractivity contribution is -0.384. The molecule has 32 heavy (non-hydrogen) atoms. The fourth-order valence-corrected chi connectivity index (χ4v) is 3.36. The van der Waals surface area contributed by atoms with Crippen LogP contribution in [0.4, 0.5) is 5.69 Å². The first kappa shape index (κ1) is 21.5. The van der Waals surface area contributed by atoms with Gasteiger partial charge >= 0.3 is 5.97 Å². The summed E-state index contributed by atoms with van der Waals surface area (Å²) < 4.78 is 10.9. The van der Waals surface area contributed by atoms with Crippen LogP contribution in [-0.4, -0.2) is 16.8 Å². The van der Waals surface area contributed by atoms with Crippen molar-refractivity contribution in [2.45, 2.75) is 6.61 Å². The van der Waals surface area contributed by atoms with Gasteiger partial charge in [0.2, 0.25) is 5.90 Å². The molecule has 1 aliphatic heterocycles. The van der Waals surface area contributed by atoms with E-state index in [4.69, 9.17) is 32.7 Å². The Bertz CT molecular complexity index is 1270. The number of hydrogen-bond donors (Lipinski definition) is 0. The summed E-state index contributed by atoms with van der Waals surface area (Å²) >= 11 is 12.2. The molecule has 0 saturated heterocycles. The predicted octanol–water partition coefficient (Wildman–Crippen LogP) is 5.83. The maximum Gasteiger partial charge on any atom is 0.363 e. The van der Waals surface area contributed by atoms with Gasteiger partial charge in [-0.15, -0.1) is 0 Å². The van der Waals surface area contributed by atoms with Crippen LogP contribution in [0.5, 0.6) is 5.75 Å². The summed E-state index contributed by atoms with van der Waals surface area (Å²) in [5.74, 6) is -0.0165. The minimum absolute atomic E-state index is 0.0131. The molecule has 0 unspecified atom stereocenters. The van der Waals surface area contributed by atoms with Gasteiger partial charge in [0.15, 0.2) is 5.70 Å². The fourth-order valence-electron chi connectivity index (χ4n) is 2.91. The Morgan fingerprint density at radius 1 is 1.03 bits per heavy atom. The van der Waals surface area contributed by atoms with Crippen LogP contribution >= 0.6 is 23.2 Å². The fraction of sp³-hybridized carbons (Fsp3) is 0.0435. The molecule has 0 radical (unpaired) electrons. The number of esters is 1. The van der Waals surface area contributed by atoms with E-state index >= 15 is 0 Å². The Balaban J connectivity index is 1.49. The van der Waals surface area contributed by atoms with Crippen LogP contribution in [0, 0.1) is 10.1 Å². The highest BCUT2D eigenvalue weighted by Gasteiger charge is 2.26.